The van der Waals surface area contributed by atoms with Gasteiger partial charge in [0.15, 0.2) is 0 Å². The molecule has 17 heavy (non-hydrogen) atoms. The Bertz CT molecular complexity index is 455. The Morgan fingerprint density at radius 1 is 1.35 bits per heavy atom. The van der Waals surface area contributed by atoms with Crippen LogP contribution in [0.5, 0.6) is 0 Å². The number of carbonyl (C=O) groups is 1. The number of aliphatic hydroxyl groups is 1. The van der Waals surface area contributed by atoms with Gasteiger partial charge in [0.1, 0.15) is 5.82 Å². The quantitative estimate of drug-likeness (QED) is 0.779. The van der Waals surface area contributed by atoms with Gasteiger partial charge in [-0.25, -0.2) is 9.18 Å². The van der Waals surface area contributed by atoms with Gasteiger partial charge in [-0.2, -0.15) is 0 Å². The first-order valence-corrected chi connectivity index (χ1v) is 5.20. The lowest BCUT2D eigenvalue weighted by Gasteiger charge is -2.28. The molecule has 0 saturated heterocycles. The second-order valence-electron chi connectivity index (χ2n) is 3.87. The van der Waals surface area contributed by atoms with E-state index in [9.17, 15) is 14.3 Å². The lowest BCUT2D eigenvalue weighted by atomic mass is 9.97. The summed E-state index contributed by atoms with van der Waals surface area (Å²) < 4.78 is 12.8. The number of amides is 1. The van der Waals surface area contributed by atoms with Crippen LogP contribution in [0.1, 0.15) is 5.56 Å². The molecule has 1 amide bonds. The molecule has 0 fully saturated rings. The van der Waals surface area contributed by atoms with Crippen molar-refractivity contribution >= 4 is 11.7 Å². The zero-order chi connectivity index (χ0) is 12.4. The zero-order valence-corrected chi connectivity index (χ0v) is 9.01. The molecule has 0 aliphatic carbocycles. The minimum atomic E-state index is -1.06. The SMILES string of the molecule is O=C(O)N1CC=C(c2ccc(F)cc2)[C@H](O)C1. The molecule has 1 aliphatic rings. The van der Waals surface area contributed by atoms with Gasteiger partial charge in [0, 0.05) is 6.54 Å². The molecule has 0 saturated carbocycles. The summed E-state index contributed by atoms with van der Waals surface area (Å²) in [5, 5.41) is 18.6. The number of rotatable bonds is 1. The summed E-state index contributed by atoms with van der Waals surface area (Å²) >= 11 is 0. The molecule has 0 radical (unpaired) electrons. The number of nitrogens with zero attached hydrogens (tertiary/aromatic N) is 1. The van der Waals surface area contributed by atoms with Crippen molar-refractivity contribution in [1.82, 2.24) is 4.90 Å². The first kappa shape index (κ1) is 11.6. The number of hydrogen-bond donors (Lipinski definition) is 2. The number of aliphatic hydroxyl groups excluding tert-OH is 1. The molecule has 1 aromatic carbocycles. The average molecular weight is 237 g/mol. The number of halogens is 1. The molecular weight excluding hydrogens is 225 g/mol. The minimum Gasteiger partial charge on any atom is -0.465 e. The van der Waals surface area contributed by atoms with Crippen LogP contribution in [0, 0.1) is 5.82 Å². The highest BCUT2D eigenvalue weighted by Gasteiger charge is 2.24. The van der Waals surface area contributed by atoms with Gasteiger partial charge >= 0.3 is 6.09 Å². The number of β-amino-alcohol motifs (C(OH)–C–C–N with tert-alkyl or cyclic N) is 1. The topological polar surface area (TPSA) is 60.8 Å². The van der Waals surface area contributed by atoms with Gasteiger partial charge in [-0.3, -0.25) is 0 Å². The van der Waals surface area contributed by atoms with E-state index in [1.807, 2.05) is 0 Å². The van der Waals surface area contributed by atoms with Crippen LogP contribution in [0.3, 0.4) is 0 Å². The van der Waals surface area contributed by atoms with Crippen molar-refractivity contribution in [3.8, 4) is 0 Å². The molecule has 0 aromatic heterocycles. The van der Waals surface area contributed by atoms with E-state index in [0.29, 0.717) is 11.1 Å². The van der Waals surface area contributed by atoms with Crippen molar-refractivity contribution in [3.05, 3.63) is 41.7 Å². The summed E-state index contributed by atoms with van der Waals surface area (Å²) in [5.41, 5.74) is 1.35. The Morgan fingerprint density at radius 3 is 2.53 bits per heavy atom. The predicted molar refractivity (Wildman–Crippen MR) is 60.0 cm³/mol. The molecule has 4 nitrogen and oxygen atoms in total. The highest BCUT2D eigenvalue weighted by atomic mass is 19.1. The van der Waals surface area contributed by atoms with E-state index in [4.69, 9.17) is 5.11 Å². The Morgan fingerprint density at radius 2 is 2.00 bits per heavy atom. The van der Waals surface area contributed by atoms with Gasteiger partial charge in [-0.15, -0.1) is 0 Å². The Kier molecular flexibility index (Phi) is 3.10. The fraction of sp³-hybridized carbons (Fsp3) is 0.250. The van der Waals surface area contributed by atoms with Crippen molar-refractivity contribution < 1.29 is 19.4 Å². The number of carboxylic acid groups (broad SMARTS) is 1. The van der Waals surface area contributed by atoms with Crippen molar-refractivity contribution in [3.63, 3.8) is 0 Å². The van der Waals surface area contributed by atoms with E-state index < -0.39 is 12.2 Å². The molecule has 90 valence electrons. The molecule has 1 heterocycles. The highest BCUT2D eigenvalue weighted by molar-refractivity contribution is 5.73. The lowest BCUT2D eigenvalue weighted by molar-refractivity contribution is 0.118. The summed E-state index contributed by atoms with van der Waals surface area (Å²) in [6, 6.07) is 5.76. The van der Waals surface area contributed by atoms with Gasteiger partial charge in [-0.1, -0.05) is 18.2 Å². The van der Waals surface area contributed by atoms with Gasteiger partial charge in [0.25, 0.3) is 0 Å². The fourth-order valence-electron chi connectivity index (χ4n) is 1.83. The summed E-state index contributed by atoms with van der Waals surface area (Å²) in [6.07, 6.45) is -0.279. The molecule has 0 unspecified atom stereocenters. The highest BCUT2D eigenvalue weighted by Crippen LogP contribution is 2.23. The van der Waals surface area contributed by atoms with Crippen LogP contribution >= 0.6 is 0 Å². The molecule has 5 heteroatoms. The van der Waals surface area contributed by atoms with Crippen molar-refractivity contribution in [1.29, 1.82) is 0 Å². The minimum absolute atomic E-state index is 0.0402. The third-order valence-electron chi connectivity index (χ3n) is 2.73. The van der Waals surface area contributed by atoms with E-state index >= 15 is 0 Å². The van der Waals surface area contributed by atoms with Crippen molar-refractivity contribution in [2.24, 2.45) is 0 Å². The normalized spacial score (nSPS) is 20.0. The van der Waals surface area contributed by atoms with E-state index in [2.05, 4.69) is 0 Å². The van der Waals surface area contributed by atoms with Crippen molar-refractivity contribution in [2.75, 3.05) is 13.1 Å². The second kappa shape index (κ2) is 4.55. The zero-order valence-electron chi connectivity index (χ0n) is 9.01. The van der Waals surface area contributed by atoms with Crippen LogP contribution in [-0.4, -0.2) is 40.4 Å². The fourth-order valence-corrected chi connectivity index (χ4v) is 1.83. The van der Waals surface area contributed by atoms with Crippen LogP contribution < -0.4 is 0 Å². The molecular formula is C12H12FNO3. The third-order valence-corrected chi connectivity index (χ3v) is 2.73. The first-order chi connectivity index (χ1) is 8.08. The summed E-state index contributed by atoms with van der Waals surface area (Å²) in [6.45, 7) is 0.275. The van der Waals surface area contributed by atoms with Crippen LogP contribution in [0.2, 0.25) is 0 Å². The maximum Gasteiger partial charge on any atom is 0.407 e. The summed E-state index contributed by atoms with van der Waals surface area (Å²) in [4.78, 5) is 11.8. The molecule has 2 rings (SSSR count). The number of hydrogen-bond acceptors (Lipinski definition) is 2. The Hall–Kier alpha value is -1.88. The lowest BCUT2D eigenvalue weighted by Crippen LogP contribution is -2.40. The monoisotopic (exact) mass is 237 g/mol. The van der Waals surface area contributed by atoms with Crippen LogP contribution in [0.4, 0.5) is 9.18 Å². The van der Waals surface area contributed by atoms with Crippen LogP contribution in [0.25, 0.3) is 5.57 Å². The van der Waals surface area contributed by atoms with Gasteiger partial charge in [-0.05, 0) is 23.3 Å². The van der Waals surface area contributed by atoms with Crippen LogP contribution in [0.15, 0.2) is 30.3 Å². The third kappa shape index (κ3) is 2.45. The van der Waals surface area contributed by atoms with Gasteiger partial charge in [0.05, 0.1) is 12.6 Å². The summed E-state index contributed by atoms with van der Waals surface area (Å²) in [5.74, 6) is -0.341. The van der Waals surface area contributed by atoms with E-state index in [-0.39, 0.29) is 18.9 Å². The predicted octanol–water partition coefficient (Wildman–Crippen LogP) is 1.56. The second-order valence-corrected chi connectivity index (χ2v) is 3.87. The van der Waals surface area contributed by atoms with E-state index in [0.717, 1.165) is 4.90 Å². The standard InChI is InChI=1S/C12H12FNO3/c13-9-3-1-8(2-4-9)10-5-6-14(12(16)17)7-11(10)15/h1-5,11,15H,6-7H2,(H,16,17)/t11-/m1/s1. The molecule has 0 spiro atoms. The maximum absolute atomic E-state index is 12.8. The molecule has 0 bridgehead atoms. The van der Waals surface area contributed by atoms with E-state index in [1.165, 1.54) is 12.1 Å². The van der Waals surface area contributed by atoms with Crippen molar-refractivity contribution in [2.45, 2.75) is 6.10 Å². The van der Waals surface area contributed by atoms with Crippen LogP contribution in [-0.2, 0) is 0 Å². The molecule has 1 aliphatic heterocycles. The van der Waals surface area contributed by atoms with Gasteiger partial charge < -0.3 is 15.1 Å². The molecule has 2 N–H and O–H groups in total. The molecule has 1 atom stereocenters. The Balaban J connectivity index is 2.22. The smallest absolute Gasteiger partial charge is 0.407 e. The summed E-state index contributed by atoms with van der Waals surface area (Å²) in [7, 11) is 0. The largest absolute Gasteiger partial charge is 0.465 e. The number of benzene rings is 1. The Labute approximate surface area is 97.6 Å². The maximum atomic E-state index is 12.8. The average Bonchev–Trinajstić information content (AvgIpc) is 2.30. The van der Waals surface area contributed by atoms with Gasteiger partial charge in [0.2, 0.25) is 0 Å². The molecule has 1 aromatic rings. The first-order valence-electron chi connectivity index (χ1n) is 5.20. The van der Waals surface area contributed by atoms with E-state index in [1.54, 1.807) is 18.2 Å².